The van der Waals surface area contributed by atoms with Crippen molar-refractivity contribution < 1.29 is 19.0 Å². The Kier molecular flexibility index (Phi) is 5.31. The summed E-state index contributed by atoms with van der Waals surface area (Å²) in [4.78, 5) is 13.4. The van der Waals surface area contributed by atoms with Gasteiger partial charge in [-0.2, -0.15) is 0 Å². The van der Waals surface area contributed by atoms with Gasteiger partial charge in [0.2, 0.25) is 5.75 Å². The molecule has 2 aromatic carbocycles. The average Bonchev–Trinajstić information content (AvgIpc) is 3.11. The molecule has 136 valence electrons. The molecular weight excluding hydrogens is 332 g/mol. The Morgan fingerprint density at radius 1 is 0.923 bits per heavy atom. The summed E-state index contributed by atoms with van der Waals surface area (Å²) in [6.45, 7) is 1.38. The van der Waals surface area contributed by atoms with Gasteiger partial charge in [-0.25, -0.2) is 4.79 Å². The highest BCUT2D eigenvalue weighted by Gasteiger charge is 2.20. The average molecular weight is 354 g/mol. The fourth-order valence-electron chi connectivity index (χ4n) is 2.87. The number of rotatable bonds is 6. The molecule has 0 aromatic heterocycles. The molecule has 0 spiro atoms. The van der Waals surface area contributed by atoms with E-state index in [4.69, 9.17) is 14.2 Å². The molecule has 0 radical (unpaired) electrons. The summed E-state index contributed by atoms with van der Waals surface area (Å²) in [5.74, 6) is 1.80. The Balaban J connectivity index is 1.80. The van der Waals surface area contributed by atoms with Crippen LogP contribution < -0.4 is 24.4 Å². The van der Waals surface area contributed by atoms with Gasteiger partial charge in [-0.3, -0.25) is 4.90 Å². The van der Waals surface area contributed by atoms with E-state index in [1.165, 1.54) is 0 Å². The van der Waals surface area contributed by atoms with Gasteiger partial charge in [-0.1, -0.05) is 24.3 Å². The van der Waals surface area contributed by atoms with E-state index in [0.29, 0.717) is 30.3 Å². The van der Waals surface area contributed by atoms with Crippen molar-refractivity contribution >= 4 is 23.9 Å². The fourth-order valence-corrected chi connectivity index (χ4v) is 2.87. The lowest BCUT2D eigenvalue weighted by molar-refractivity contribution is 0.252. The molecule has 0 atom stereocenters. The van der Waals surface area contributed by atoms with Gasteiger partial charge in [0.25, 0.3) is 0 Å². The van der Waals surface area contributed by atoms with Crippen molar-refractivity contribution in [2.75, 3.05) is 39.3 Å². The van der Waals surface area contributed by atoms with Crippen LogP contribution in [0.2, 0.25) is 0 Å². The molecule has 1 saturated heterocycles. The summed E-state index contributed by atoms with van der Waals surface area (Å²) in [5.41, 5.74) is 2.86. The van der Waals surface area contributed by atoms with Crippen molar-refractivity contribution in [2.24, 2.45) is 0 Å². The van der Waals surface area contributed by atoms with Gasteiger partial charge < -0.3 is 19.5 Å². The highest BCUT2D eigenvalue weighted by Crippen LogP contribution is 2.38. The molecule has 2 amide bonds. The Morgan fingerprint density at radius 3 is 2.04 bits per heavy atom. The van der Waals surface area contributed by atoms with Gasteiger partial charge in [0, 0.05) is 18.8 Å². The first-order valence-electron chi connectivity index (χ1n) is 8.29. The SMILES string of the molecule is COc1cc(/C=C/c2ccc(N3CCNC3=O)cc2)cc(OC)c1OC. The second kappa shape index (κ2) is 7.82. The molecule has 1 N–H and O–H groups in total. The number of anilines is 1. The predicted octanol–water partition coefficient (Wildman–Crippen LogP) is 3.41. The standard InChI is InChI=1S/C20H22N2O4/c1-24-17-12-15(13-18(25-2)19(17)26-3)5-4-14-6-8-16(9-7-14)22-11-10-21-20(22)23/h4-9,12-13H,10-11H2,1-3H3,(H,21,23)/b5-4+. The van der Waals surface area contributed by atoms with Crippen LogP contribution in [0.25, 0.3) is 12.2 Å². The minimum absolute atomic E-state index is 0.0503. The van der Waals surface area contributed by atoms with E-state index in [-0.39, 0.29) is 6.03 Å². The second-order valence-corrected chi connectivity index (χ2v) is 5.77. The van der Waals surface area contributed by atoms with Gasteiger partial charge in [0.05, 0.1) is 21.3 Å². The van der Waals surface area contributed by atoms with Crippen LogP contribution in [0.15, 0.2) is 36.4 Å². The maximum Gasteiger partial charge on any atom is 0.321 e. The minimum Gasteiger partial charge on any atom is -0.493 e. The lowest BCUT2D eigenvalue weighted by Crippen LogP contribution is -2.27. The molecule has 1 aliphatic rings. The van der Waals surface area contributed by atoms with Crippen molar-refractivity contribution in [2.45, 2.75) is 0 Å². The number of benzene rings is 2. The van der Waals surface area contributed by atoms with Crippen LogP contribution in [-0.2, 0) is 0 Å². The Bertz CT molecular complexity index is 790. The quantitative estimate of drug-likeness (QED) is 0.808. The van der Waals surface area contributed by atoms with E-state index in [2.05, 4.69) is 5.32 Å². The van der Waals surface area contributed by atoms with Crippen LogP contribution in [0, 0.1) is 0 Å². The molecule has 2 aromatic rings. The van der Waals surface area contributed by atoms with E-state index in [0.717, 1.165) is 16.8 Å². The highest BCUT2D eigenvalue weighted by molar-refractivity contribution is 5.94. The van der Waals surface area contributed by atoms with E-state index >= 15 is 0 Å². The number of ether oxygens (including phenoxy) is 3. The van der Waals surface area contributed by atoms with Crippen molar-refractivity contribution in [3.8, 4) is 17.2 Å². The topological polar surface area (TPSA) is 60.0 Å². The fraction of sp³-hybridized carbons (Fsp3) is 0.250. The molecule has 0 unspecified atom stereocenters. The summed E-state index contributed by atoms with van der Waals surface area (Å²) in [6.07, 6.45) is 3.97. The molecule has 3 rings (SSSR count). The van der Waals surface area contributed by atoms with Crippen LogP contribution in [0.4, 0.5) is 10.5 Å². The lowest BCUT2D eigenvalue weighted by atomic mass is 10.1. The maximum atomic E-state index is 11.7. The molecule has 0 saturated carbocycles. The van der Waals surface area contributed by atoms with E-state index < -0.39 is 0 Å². The van der Waals surface area contributed by atoms with Crippen LogP contribution >= 0.6 is 0 Å². The zero-order chi connectivity index (χ0) is 18.5. The molecule has 1 fully saturated rings. The Hall–Kier alpha value is -3.15. The van der Waals surface area contributed by atoms with Crippen LogP contribution in [0.1, 0.15) is 11.1 Å². The first-order chi connectivity index (χ1) is 12.7. The third kappa shape index (κ3) is 3.59. The summed E-state index contributed by atoms with van der Waals surface area (Å²) in [6, 6.07) is 11.6. The second-order valence-electron chi connectivity index (χ2n) is 5.77. The van der Waals surface area contributed by atoms with E-state index in [1.807, 2.05) is 48.6 Å². The lowest BCUT2D eigenvalue weighted by Gasteiger charge is -2.14. The van der Waals surface area contributed by atoms with Crippen molar-refractivity contribution in [3.63, 3.8) is 0 Å². The largest absolute Gasteiger partial charge is 0.493 e. The van der Waals surface area contributed by atoms with Crippen molar-refractivity contribution in [3.05, 3.63) is 47.5 Å². The predicted molar refractivity (Wildman–Crippen MR) is 102 cm³/mol. The van der Waals surface area contributed by atoms with Gasteiger partial charge in [-0.05, 0) is 35.4 Å². The van der Waals surface area contributed by atoms with Crippen LogP contribution in [-0.4, -0.2) is 40.5 Å². The Morgan fingerprint density at radius 2 is 1.54 bits per heavy atom. The van der Waals surface area contributed by atoms with Gasteiger partial charge >= 0.3 is 6.03 Å². The maximum absolute atomic E-state index is 11.7. The summed E-state index contributed by atoms with van der Waals surface area (Å²) in [5, 5.41) is 2.80. The number of amides is 2. The summed E-state index contributed by atoms with van der Waals surface area (Å²) >= 11 is 0. The van der Waals surface area contributed by atoms with Gasteiger partial charge in [0.1, 0.15) is 0 Å². The number of hydrogen-bond acceptors (Lipinski definition) is 4. The first kappa shape index (κ1) is 17.7. The molecule has 6 nitrogen and oxygen atoms in total. The van der Waals surface area contributed by atoms with Gasteiger partial charge in [-0.15, -0.1) is 0 Å². The number of carbonyl (C=O) groups is 1. The molecular formula is C20H22N2O4. The van der Waals surface area contributed by atoms with Crippen LogP contribution in [0.5, 0.6) is 17.2 Å². The monoisotopic (exact) mass is 354 g/mol. The van der Waals surface area contributed by atoms with E-state index in [1.54, 1.807) is 26.2 Å². The summed E-state index contributed by atoms with van der Waals surface area (Å²) in [7, 11) is 4.77. The number of urea groups is 1. The van der Waals surface area contributed by atoms with Gasteiger partial charge in [0.15, 0.2) is 11.5 Å². The Labute approximate surface area is 153 Å². The van der Waals surface area contributed by atoms with Crippen molar-refractivity contribution in [1.82, 2.24) is 5.32 Å². The normalized spacial score (nSPS) is 13.8. The molecule has 26 heavy (non-hydrogen) atoms. The smallest absolute Gasteiger partial charge is 0.321 e. The molecule has 6 heteroatoms. The zero-order valence-corrected chi connectivity index (χ0v) is 15.1. The number of nitrogens with one attached hydrogen (secondary N) is 1. The first-order valence-corrected chi connectivity index (χ1v) is 8.29. The minimum atomic E-state index is -0.0503. The molecule has 0 aliphatic carbocycles. The third-order valence-corrected chi connectivity index (χ3v) is 4.22. The third-order valence-electron chi connectivity index (χ3n) is 4.22. The molecule has 0 bridgehead atoms. The zero-order valence-electron chi connectivity index (χ0n) is 15.1. The van der Waals surface area contributed by atoms with Crippen LogP contribution in [0.3, 0.4) is 0 Å². The molecule has 1 aliphatic heterocycles. The number of carbonyl (C=O) groups excluding carboxylic acids is 1. The van der Waals surface area contributed by atoms with Crippen molar-refractivity contribution in [1.29, 1.82) is 0 Å². The number of nitrogens with zero attached hydrogens (tertiary/aromatic N) is 1. The van der Waals surface area contributed by atoms with E-state index in [9.17, 15) is 4.79 Å². The summed E-state index contributed by atoms with van der Waals surface area (Å²) < 4.78 is 16.1. The number of hydrogen-bond donors (Lipinski definition) is 1. The number of methoxy groups -OCH3 is 3. The molecule has 1 heterocycles. The highest BCUT2D eigenvalue weighted by atomic mass is 16.5.